The number of nitrogens with one attached hydrogen (secondary N) is 2. The van der Waals surface area contributed by atoms with Crippen LogP contribution >= 0.6 is 0 Å². The van der Waals surface area contributed by atoms with Crippen molar-refractivity contribution in [2.24, 2.45) is 0 Å². The van der Waals surface area contributed by atoms with Crippen LogP contribution < -0.4 is 15.5 Å². The van der Waals surface area contributed by atoms with Gasteiger partial charge in [-0.15, -0.1) is 0 Å². The van der Waals surface area contributed by atoms with E-state index >= 15 is 0 Å². The molecule has 6 heteroatoms. The topological polar surface area (TPSA) is 70.7 Å². The van der Waals surface area contributed by atoms with Gasteiger partial charge in [0.1, 0.15) is 0 Å². The lowest BCUT2D eigenvalue weighted by atomic mass is 9.95. The summed E-state index contributed by atoms with van der Waals surface area (Å²) in [5.41, 5.74) is 3.13. The molecule has 2 aromatic rings. The number of ether oxygens (including phenoxy) is 1. The Morgan fingerprint density at radius 2 is 1.81 bits per heavy atom. The molecule has 1 aliphatic rings. The molecular formula is C25H33N3O3. The van der Waals surface area contributed by atoms with Crippen LogP contribution in [0.4, 0.5) is 11.4 Å². The van der Waals surface area contributed by atoms with Crippen LogP contribution in [0.2, 0.25) is 0 Å². The average molecular weight is 424 g/mol. The predicted molar refractivity (Wildman–Crippen MR) is 125 cm³/mol. The molecule has 0 radical (unpaired) electrons. The van der Waals surface area contributed by atoms with E-state index in [9.17, 15) is 9.59 Å². The number of nitrogens with zero attached hydrogens (tertiary/aromatic N) is 1. The molecule has 2 amide bonds. The van der Waals surface area contributed by atoms with Gasteiger partial charge in [0.05, 0.1) is 18.1 Å². The van der Waals surface area contributed by atoms with Gasteiger partial charge in [-0.1, -0.05) is 37.3 Å². The van der Waals surface area contributed by atoms with Crippen LogP contribution in [0, 0.1) is 0 Å². The van der Waals surface area contributed by atoms with Crippen molar-refractivity contribution in [3.05, 3.63) is 59.7 Å². The number of carbonyl (C=O) groups excluding carboxylic acids is 2. The summed E-state index contributed by atoms with van der Waals surface area (Å²) < 4.78 is 5.05. The number of piperidine rings is 1. The maximum absolute atomic E-state index is 13.0. The summed E-state index contributed by atoms with van der Waals surface area (Å²) in [6, 6.07) is 15.4. The predicted octanol–water partition coefficient (Wildman–Crippen LogP) is 4.19. The Morgan fingerprint density at radius 3 is 2.48 bits per heavy atom. The molecule has 0 aliphatic carbocycles. The fourth-order valence-corrected chi connectivity index (χ4v) is 4.06. The fraction of sp³-hybridized carbons (Fsp3) is 0.440. The molecule has 0 saturated carbocycles. The van der Waals surface area contributed by atoms with Gasteiger partial charge in [-0.3, -0.25) is 9.59 Å². The SMILES string of the molecule is CC[C@@H](C(=O)Nc1ccc(N2CCCCC2)c(C(=O)NCCOC)c1)c1ccccc1. The molecule has 166 valence electrons. The van der Waals surface area contributed by atoms with Gasteiger partial charge >= 0.3 is 0 Å². The zero-order valence-electron chi connectivity index (χ0n) is 18.5. The van der Waals surface area contributed by atoms with Crippen molar-refractivity contribution >= 4 is 23.2 Å². The number of carbonyl (C=O) groups is 2. The van der Waals surface area contributed by atoms with Crippen LogP contribution in [0.25, 0.3) is 0 Å². The Hall–Kier alpha value is -2.86. The molecule has 0 spiro atoms. The second kappa shape index (κ2) is 11.5. The second-order valence-electron chi connectivity index (χ2n) is 7.89. The van der Waals surface area contributed by atoms with E-state index in [1.807, 2.05) is 49.4 Å². The van der Waals surface area contributed by atoms with Gasteiger partial charge in [-0.05, 0) is 49.4 Å². The molecule has 2 N–H and O–H groups in total. The maximum atomic E-state index is 13.0. The number of rotatable bonds is 9. The minimum atomic E-state index is -0.234. The summed E-state index contributed by atoms with van der Waals surface area (Å²) in [7, 11) is 1.61. The number of methoxy groups -OCH3 is 1. The molecule has 1 saturated heterocycles. The number of hydrogen-bond donors (Lipinski definition) is 2. The van der Waals surface area contributed by atoms with Gasteiger partial charge in [0.25, 0.3) is 5.91 Å². The Bertz CT molecular complexity index is 864. The molecule has 3 rings (SSSR count). The van der Waals surface area contributed by atoms with E-state index in [0.29, 0.717) is 30.8 Å². The van der Waals surface area contributed by atoms with Crippen LogP contribution in [-0.2, 0) is 9.53 Å². The average Bonchev–Trinajstić information content (AvgIpc) is 2.81. The molecular weight excluding hydrogens is 390 g/mol. The number of amides is 2. The monoisotopic (exact) mass is 423 g/mol. The summed E-state index contributed by atoms with van der Waals surface area (Å²) in [5.74, 6) is -0.448. The standard InChI is InChI=1S/C25H33N3O3/c1-3-21(19-10-6-4-7-11-19)25(30)27-20-12-13-23(28-15-8-5-9-16-28)22(18-20)24(29)26-14-17-31-2/h4,6-7,10-13,18,21H,3,5,8-9,14-17H2,1-2H3,(H,26,29)(H,27,30)/t21-/m1/s1. The Labute approximate surface area is 185 Å². The van der Waals surface area contributed by atoms with E-state index in [4.69, 9.17) is 4.74 Å². The normalized spacial score (nSPS) is 14.7. The first-order chi connectivity index (χ1) is 15.1. The summed E-state index contributed by atoms with van der Waals surface area (Å²) in [6.45, 7) is 4.78. The van der Waals surface area contributed by atoms with Crippen molar-refractivity contribution in [3.63, 3.8) is 0 Å². The van der Waals surface area contributed by atoms with Gasteiger partial charge in [-0.2, -0.15) is 0 Å². The highest BCUT2D eigenvalue weighted by molar-refractivity contribution is 6.02. The van der Waals surface area contributed by atoms with Gasteiger partial charge in [-0.25, -0.2) is 0 Å². The first kappa shape index (κ1) is 22.8. The van der Waals surface area contributed by atoms with Crippen LogP contribution in [0.3, 0.4) is 0 Å². The van der Waals surface area contributed by atoms with Crippen LogP contribution in [0.1, 0.15) is 54.4 Å². The number of anilines is 2. The number of benzene rings is 2. The molecule has 1 heterocycles. The Morgan fingerprint density at radius 1 is 1.06 bits per heavy atom. The molecule has 0 unspecified atom stereocenters. The third-order valence-corrected chi connectivity index (χ3v) is 5.72. The van der Waals surface area contributed by atoms with Crippen LogP contribution in [0.5, 0.6) is 0 Å². The number of hydrogen-bond acceptors (Lipinski definition) is 4. The summed E-state index contributed by atoms with van der Waals surface area (Å²) in [5, 5.41) is 5.94. The summed E-state index contributed by atoms with van der Waals surface area (Å²) in [6.07, 6.45) is 4.17. The minimum absolute atomic E-state index is 0.0647. The van der Waals surface area contributed by atoms with E-state index in [2.05, 4.69) is 15.5 Å². The van der Waals surface area contributed by atoms with Gasteiger partial charge in [0.15, 0.2) is 0 Å². The van der Waals surface area contributed by atoms with Crippen molar-refractivity contribution in [2.75, 3.05) is 43.6 Å². The second-order valence-corrected chi connectivity index (χ2v) is 7.89. The highest BCUT2D eigenvalue weighted by Gasteiger charge is 2.22. The maximum Gasteiger partial charge on any atom is 0.253 e. The van der Waals surface area contributed by atoms with Gasteiger partial charge in [0, 0.05) is 38.1 Å². The molecule has 1 atom stereocenters. The molecule has 1 fully saturated rings. The third kappa shape index (κ3) is 6.07. The van der Waals surface area contributed by atoms with E-state index in [1.54, 1.807) is 13.2 Å². The van der Waals surface area contributed by atoms with E-state index < -0.39 is 0 Å². The Balaban J connectivity index is 1.82. The van der Waals surface area contributed by atoms with Crippen molar-refractivity contribution in [1.82, 2.24) is 5.32 Å². The van der Waals surface area contributed by atoms with E-state index in [0.717, 1.165) is 37.2 Å². The molecule has 0 bridgehead atoms. The lowest BCUT2D eigenvalue weighted by Crippen LogP contribution is -2.33. The third-order valence-electron chi connectivity index (χ3n) is 5.72. The summed E-state index contributed by atoms with van der Waals surface area (Å²) >= 11 is 0. The highest BCUT2D eigenvalue weighted by atomic mass is 16.5. The smallest absolute Gasteiger partial charge is 0.253 e. The van der Waals surface area contributed by atoms with Crippen LogP contribution in [0.15, 0.2) is 48.5 Å². The van der Waals surface area contributed by atoms with Crippen molar-refractivity contribution in [1.29, 1.82) is 0 Å². The lowest BCUT2D eigenvalue weighted by molar-refractivity contribution is -0.117. The Kier molecular flexibility index (Phi) is 8.47. The molecule has 31 heavy (non-hydrogen) atoms. The first-order valence-corrected chi connectivity index (χ1v) is 11.2. The fourth-order valence-electron chi connectivity index (χ4n) is 4.06. The zero-order chi connectivity index (χ0) is 22.1. The lowest BCUT2D eigenvalue weighted by Gasteiger charge is -2.30. The van der Waals surface area contributed by atoms with Crippen molar-refractivity contribution < 1.29 is 14.3 Å². The molecule has 1 aliphatic heterocycles. The van der Waals surface area contributed by atoms with Crippen molar-refractivity contribution in [3.8, 4) is 0 Å². The molecule has 2 aromatic carbocycles. The largest absolute Gasteiger partial charge is 0.383 e. The summed E-state index contributed by atoms with van der Waals surface area (Å²) in [4.78, 5) is 28.2. The van der Waals surface area contributed by atoms with Crippen LogP contribution in [-0.4, -0.2) is 45.2 Å². The van der Waals surface area contributed by atoms with E-state index in [1.165, 1.54) is 6.42 Å². The van der Waals surface area contributed by atoms with Crippen molar-refractivity contribution in [2.45, 2.75) is 38.5 Å². The zero-order valence-corrected chi connectivity index (χ0v) is 18.5. The quantitative estimate of drug-likeness (QED) is 0.594. The highest BCUT2D eigenvalue weighted by Crippen LogP contribution is 2.28. The molecule has 6 nitrogen and oxygen atoms in total. The van der Waals surface area contributed by atoms with E-state index in [-0.39, 0.29) is 17.7 Å². The minimum Gasteiger partial charge on any atom is -0.383 e. The molecule has 0 aromatic heterocycles. The first-order valence-electron chi connectivity index (χ1n) is 11.2. The van der Waals surface area contributed by atoms with Gasteiger partial charge < -0.3 is 20.3 Å². The van der Waals surface area contributed by atoms with Gasteiger partial charge in [0.2, 0.25) is 5.91 Å².